The lowest BCUT2D eigenvalue weighted by Crippen LogP contribution is -2.35. The minimum Gasteiger partial charge on any atom is -0.355 e. The molecule has 0 spiro atoms. The maximum absolute atomic E-state index is 12.2. The zero-order valence-electron chi connectivity index (χ0n) is 17.3. The van der Waals surface area contributed by atoms with Gasteiger partial charge in [0.2, 0.25) is 5.91 Å². The van der Waals surface area contributed by atoms with Gasteiger partial charge in [0.25, 0.3) is 0 Å². The molecule has 1 aromatic heterocycles. The number of amides is 1. The van der Waals surface area contributed by atoms with E-state index in [1.165, 1.54) is 48.8 Å². The second-order valence-electron chi connectivity index (χ2n) is 7.89. The number of imidazole rings is 1. The van der Waals surface area contributed by atoms with E-state index in [1.807, 2.05) is 6.20 Å². The maximum atomic E-state index is 12.2. The Kier molecular flexibility index (Phi) is 7.57. The van der Waals surface area contributed by atoms with Crippen LogP contribution in [-0.2, 0) is 4.79 Å². The number of hydrogen-bond acceptors (Lipinski definition) is 4. The Morgan fingerprint density at radius 1 is 1.29 bits per heavy atom. The molecule has 1 amide bonds. The summed E-state index contributed by atoms with van der Waals surface area (Å²) in [5.74, 6) is 1.33. The van der Waals surface area contributed by atoms with Gasteiger partial charge < -0.3 is 10.2 Å². The number of thioether (sulfide) groups is 1. The van der Waals surface area contributed by atoms with Crippen molar-refractivity contribution < 1.29 is 4.79 Å². The fraction of sp³-hybridized carbons (Fsp3) is 0.545. The quantitative estimate of drug-likeness (QED) is 0.541. The van der Waals surface area contributed by atoms with Gasteiger partial charge in [-0.3, -0.25) is 9.36 Å². The third kappa shape index (κ3) is 5.85. The third-order valence-electron chi connectivity index (χ3n) is 5.41. The molecule has 0 bridgehead atoms. The Hall–Kier alpha value is -1.79. The van der Waals surface area contributed by atoms with Gasteiger partial charge in [-0.05, 0) is 75.9 Å². The van der Waals surface area contributed by atoms with Crippen LogP contribution in [0.25, 0.3) is 5.69 Å². The summed E-state index contributed by atoms with van der Waals surface area (Å²) in [6.45, 7) is 10.7. The molecule has 28 heavy (non-hydrogen) atoms. The summed E-state index contributed by atoms with van der Waals surface area (Å²) in [7, 11) is 0. The fourth-order valence-electron chi connectivity index (χ4n) is 3.56. The van der Waals surface area contributed by atoms with Crippen LogP contribution in [0.15, 0.2) is 35.7 Å². The molecule has 0 aliphatic carbocycles. The summed E-state index contributed by atoms with van der Waals surface area (Å²) >= 11 is 1.49. The lowest BCUT2D eigenvalue weighted by molar-refractivity contribution is -0.118. The molecule has 1 N–H and O–H groups in total. The molecule has 1 aromatic carbocycles. The summed E-state index contributed by atoms with van der Waals surface area (Å²) in [6, 6.07) is 6.39. The van der Waals surface area contributed by atoms with E-state index in [1.54, 1.807) is 6.20 Å². The molecule has 0 radical (unpaired) electrons. The third-order valence-corrected chi connectivity index (χ3v) is 6.38. The maximum Gasteiger partial charge on any atom is 0.230 e. The molecule has 0 saturated carbocycles. The van der Waals surface area contributed by atoms with E-state index in [0.717, 1.165) is 36.3 Å². The van der Waals surface area contributed by atoms with Crippen molar-refractivity contribution in [3.05, 3.63) is 41.7 Å². The van der Waals surface area contributed by atoms with Crippen LogP contribution in [0.1, 0.15) is 37.3 Å². The van der Waals surface area contributed by atoms with E-state index in [2.05, 4.69) is 58.7 Å². The van der Waals surface area contributed by atoms with Crippen LogP contribution in [0.5, 0.6) is 0 Å². The molecule has 2 aromatic rings. The number of benzene rings is 1. The predicted molar refractivity (Wildman–Crippen MR) is 116 cm³/mol. The van der Waals surface area contributed by atoms with Gasteiger partial charge in [-0.2, -0.15) is 0 Å². The molecule has 1 aliphatic rings. The number of piperidine rings is 1. The largest absolute Gasteiger partial charge is 0.355 e. The number of nitrogens with one attached hydrogen (secondary N) is 1. The van der Waals surface area contributed by atoms with E-state index < -0.39 is 0 Å². The van der Waals surface area contributed by atoms with Crippen molar-refractivity contribution in [2.45, 2.75) is 45.2 Å². The summed E-state index contributed by atoms with van der Waals surface area (Å²) < 4.78 is 2.07. The molecular formula is C22H32N4OS. The monoisotopic (exact) mass is 400 g/mol. The number of likely N-dealkylation sites (tertiary alicyclic amines) is 1. The molecule has 1 aliphatic heterocycles. The molecule has 6 heteroatoms. The van der Waals surface area contributed by atoms with Gasteiger partial charge in [-0.25, -0.2) is 4.98 Å². The summed E-state index contributed by atoms with van der Waals surface area (Å²) in [6.07, 6.45) is 7.37. The molecule has 1 saturated heterocycles. The number of nitrogens with zero attached hydrogens (tertiary/aromatic N) is 3. The predicted octanol–water partition coefficient (Wildman–Crippen LogP) is 3.82. The van der Waals surface area contributed by atoms with Crippen LogP contribution >= 0.6 is 11.8 Å². The highest BCUT2D eigenvalue weighted by Crippen LogP contribution is 2.23. The van der Waals surface area contributed by atoms with E-state index in [-0.39, 0.29) is 5.91 Å². The second kappa shape index (κ2) is 10.1. The lowest BCUT2D eigenvalue weighted by Gasteiger charge is -2.30. The standard InChI is InChI=1S/C22H32N4OS/c1-17-7-12-25(13-8-17)11-4-9-23-21(27)16-28-22-24-10-14-26(22)20-15-18(2)5-6-19(20)3/h5-6,10,14-15,17H,4,7-9,11-13,16H2,1-3H3,(H,23,27). The van der Waals surface area contributed by atoms with Gasteiger partial charge in [-0.15, -0.1) is 0 Å². The Morgan fingerprint density at radius 2 is 2.07 bits per heavy atom. The van der Waals surface area contributed by atoms with Gasteiger partial charge in [0.1, 0.15) is 0 Å². The molecule has 1 fully saturated rings. The topological polar surface area (TPSA) is 50.2 Å². The average Bonchev–Trinajstić information content (AvgIpc) is 3.15. The first-order valence-electron chi connectivity index (χ1n) is 10.3. The average molecular weight is 401 g/mol. The van der Waals surface area contributed by atoms with Gasteiger partial charge >= 0.3 is 0 Å². The van der Waals surface area contributed by atoms with Crippen LogP contribution in [0.4, 0.5) is 0 Å². The van der Waals surface area contributed by atoms with Crippen LogP contribution in [0.2, 0.25) is 0 Å². The van der Waals surface area contributed by atoms with Crippen molar-refractivity contribution in [3.8, 4) is 5.69 Å². The zero-order chi connectivity index (χ0) is 19.9. The van der Waals surface area contributed by atoms with Crippen LogP contribution in [0.3, 0.4) is 0 Å². The van der Waals surface area contributed by atoms with Gasteiger partial charge in [0.15, 0.2) is 5.16 Å². The Bertz CT molecular complexity index is 781. The molecule has 2 heterocycles. The first-order valence-corrected chi connectivity index (χ1v) is 11.2. The van der Waals surface area contributed by atoms with Crippen molar-refractivity contribution in [2.24, 2.45) is 5.92 Å². The smallest absolute Gasteiger partial charge is 0.230 e. The van der Waals surface area contributed by atoms with Crippen molar-refractivity contribution in [1.82, 2.24) is 19.8 Å². The Balaban J connectivity index is 1.42. The number of carbonyl (C=O) groups is 1. The Labute approximate surface area is 172 Å². The minimum atomic E-state index is 0.0766. The highest BCUT2D eigenvalue weighted by atomic mass is 32.2. The molecule has 152 valence electrons. The van der Waals surface area contributed by atoms with Gasteiger partial charge in [0.05, 0.1) is 11.4 Å². The number of aryl methyl sites for hydroxylation is 2. The summed E-state index contributed by atoms with van der Waals surface area (Å²) in [5.41, 5.74) is 3.53. The van der Waals surface area contributed by atoms with Crippen LogP contribution in [-0.4, -0.2) is 52.3 Å². The molecule has 5 nitrogen and oxygen atoms in total. The first kappa shape index (κ1) is 20.9. The van der Waals surface area contributed by atoms with E-state index in [0.29, 0.717) is 5.75 Å². The number of carbonyl (C=O) groups excluding carboxylic acids is 1. The summed E-state index contributed by atoms with van der Waals surface area (Å²) in [4.78, 5) is 19.2. The van der Waals surface area contributed by atoms with Crippen LogP contribution in [0, 0.1) is 19.8 Å². The number of hydrogen-bond donors (Lipinski definition) is 1. The highest BCUT2D eigenvalue weighted by Gasteiger charge is 2.15. The number of rotatable bonds is 8. The van der Waals surface area contributed by atoms with Crippen LogP contribution < -0.4 is 5.32 Å². The van der Waals surface area contributed by atoms with Crippen molar-refractivity contribution in [1.29, 1.82) is 0 Å². The molecule has 3 rings (SSSR count). The minimum absolute atomic E-state index is 0.0766. The molecular weight excluding hydrogens is 368 g/mol. The van der Waals surface area contributed by atoms with Gasteiger partial charge in [0, 0.05) is 18.9 Å². The van der Waals surface area contributed by atoms with Gasteiger partial charge in [-0.1, -0.05) is 30.8 Å². The molecule has 0 atom stereocenters. The Morgan fingerprint density at radius 3 is 2.86 bits per heavy atom. The second-order valence-corrected chi connectivity index (χ2v) is 8.83. The number of aromatic nitrogens is 2. The fourth-order valence-corrected chi connectivity index (χ4v) is 4.35. The summed E-state index contributed by atoms with van der Waals surface area (Å²) in [5, 5.41) is 3.90. The van der Waals surface area contributed by atoms with Crippen molar-refractivity contribution in [3.63, 3.8) is 0 Å². The van der Waals surface area contributed by atoms with E-state index in [4.69, 9.17) is 0 Å². The SMILES string of the molecule is Cc1ccc(C)c(-n2ccnc2SCC(=O)NCCCN2CCC(C)CC2)c1. The van der Waals surface area contributed by atoms with E-state index in [9.17, 15) is 4.79 Å². The van der Waals surface area contributed by atoms with E-state index >= 15 is 0 Å². The molecule has 0 unspecified atom stereocenters. The normalized spacial score (nSPS) is 15.7. The highest BCUT2D eigenvalue weighted by molar-refractivity contribution is 7.99. The van der Waals surface area contributed by atoms with Crippen molar-refractivity contribution >= 4 is 17.7 Å². The van der Waals surface area contributed by atoms with Crippen molar-refractivity contribution in [2.75, 3.05) is 31.9 Å². The first-order chi connectivity index (χ1) is 13.5. The lowest BCUT2D eigenvalue weighted by atomic mass is 9.99. The zero-order valence-corrected chi connectivity index (χ0v) is 18.1.